The molecule has 4 nitrogen and oxygen atoms in total. The maximum atomic E-state index is 13.2. The van der Waals surface area contributed by atoms with Gasteiger partial charge in [0.2, 0.25) is 0 Å². The molecular weight excluding hydrogens is 231 g/mol. The minimum atomic E-state index is -0.356. The normalized spacial score (nSPS) is 14.6. The van der Waals surface area contributed by atoms with Crippen molar-refractivity contribution in [2.24, 2.45) is 0 Å². The van der Waals surface area contributed by atoms with Gasteiger partial charge in [0, 0.05) is 30.8 Å². The highest BCUT2D eigenvalue weighted by atomic mass is 19.1. The van der Waals surface area contributed by atoms with Crippen LogP contribution in [0.15, 0.2) is 24.5 Å². The van der Waals surface area contributed by atoms with E-state index in [9.17, 15) is 4.39 Å². The number of aromatic nitrogens is 3. The fraction of sp³-hybridized carbons (Fsp3) is 0.308. The molecule has 1 aliphatic rings. The van der Waals surface area contributed by atoms with Crippen LogP contribution in [0.25, 0.3) is 11.3 Å². The smallest absolute Gasteiger partial charge is 0.142 e. The second-order valence-electron chi connectivity index (χ2n) is 4.41. The first-order valence-electron chi connectivity index (χ1n) is 5.94. The predicted octanol–water partition coefficient (Wildman–Crippen LogP) is 2.60. The number of pyridine rings is 1. The summed E-state index contributed by atoms with van der Waals surface area (Å²) in [6.07, 6.45) is 5.06. The molecule has 0 saturated heterocycles. The van der Waals surface area contributed by atoms with Gasteiger partial charge in [0.05, 0.1) is 11.9 Å². The lowest BCUT2D eigenvalue weighted by atomic mass is 10.2. The molecule has 0 unspecified atom stereocenters. The minimum Gasteiger partial charge on any atom is -0.373 e. The molecule has 2 heterocycles. The quantitative estimate of drug-likeness (QED) is 0.901. The lowest BCUT2D eigenvalue weighted by Crippen LogP contribution is -2.01. The Morgan fingerprint density at radius 2 is 2.06 bits per heavy atom. The Morgan fingerprint density at radius 3 is 2.72 bits per heavy atom. The number of nitrogens with zero attached hydrogens (tertiary/aromatic N) is 3. The van der Waals surface area contributed by atoms with Crippen LogP contribution in [0.4, 0.5) is 10.2 Å². The Labute approximate surface area is 104 Å². The molecule has 1 fully saturated rings. The third-order valence-corrected chi connectivity index (χ3v) is 2.94. The number of hydrogen-bond acceptors (Lipinski definition) is 4. The number of hydrogen-bond donors (Lipinski definition) is 1. The van der Waals surface area contributed by atoms with Crippen LogP contribution in [0.1, 0.15) is 24.6 Å². The molecule has 0 aliphatic heterocycles. The van der Waals surface area contributed by atoms with E-state index >= 15 is 0 Å². The Morgan fingerprint density at radius 1 is 1.22 bits per heavy atom. The summed E-state index contributed by atoms with van der Waals surface area (Å²) in [4.78, 5) is 12.8. The van der Waals surface area contributed by atoms with Crippen molar-refractivity contribution in [2.75, 3.05) is 12.4 Å². The summed E-state index contributed by atoms with van der Waals surface area (Å²) in [6, 6.07) is 3.24. The fourth-order valence-corrected chi connectivity index (χ4v) is 1.82. The van der Waals surface area contributed by atoms with E-state index in [0.29, 0.717) is 17.2 Å². The van der Waals surface area contributed by atoms with Crippen molar-refractivity contribution in [1.82, 2.24) is 15.0 Å². The molecule has 0 amide bonds. The maximum absolute atomic E-state index is 13.2. The number of anilines is 1. The first-order valence-corrected chi connectivity index (χ1v) is 5.94. The van der Waals surface area contributed by atoms with Crippen molar-refractivity contribution in [2.45, 2.75) is 18.8 Å². The molecule has 18 heavy (non-hydrogen) atoms. The average Bonchev–Trinajstić information content (AvgIpc) is 3.22. The summed E-state index contributed by atoms with van der Waals surface area (Å²) in [5, 5.41) is 3.01. The number of nitrogens with one attached hydrogen (secondary N) is 1. The van der Waals surface area contributed by atoms with Gasteiger partial charge in [-0.05, 0) is 18.9 Å². The highest BCUT2D eigenvalue weighted by Crippen LogP contribution is 2.39. The van der Waals surface area contributed by atoms with Gasteiger partial charge in [-0.15, -0.1) is 0 Å². The lowest BCUT2D eigenvalue weighted by Gasteiger charge is -2.07. The molecule has 2 aromatic heterocycles. The van der Waals surface area contributed by atoms with E-state index in [1.807, 2.05) is 13.1 Å². The Hall–Kier alpha value is -2.04. The van der Waals surface area contributed by atoms with Crippen LogP contribution in [0, 0.1) is 5.82 Å². The molecule has 5 heteroatoms. The van der Waals surface area contributed by atoms with Crippen molar-refractivity contribution in [3.8, 4) is 11.3 Å². The predicted molar refractivity (Wildman–Crippen MR) is 66.7 cm³/mol. The van der Waals surface area contributed by atoms with Gasteiger partial charge in [-0.25, -0.2) is 14.4 Å². The van der Waals surface area contributed by atoms with Gasteiger partial charge in [0.25, 0.3) is 0 Å². The van der Waals surface area contributed by atoms with Gasteiger partial charge in [0.15, 0.2) is 0 Å². The highest BCUT2D eigenvalue weighted by Gasteiger charge is 2.27. The summed E-state index contributed by atoms with van der Waals surface area (Å²) in [6.45, 7) is 0. The molecule has 0 radical (unpaired) electrons. The molecule has 0 spiro atoms. The van der Waals surface area contributed by atoms with E-state index in [-0.39, 0.29) is 5.82 Å². The van der Waals surface area contributed by atoms with Crippen molar-refractivity contribution in [3.63, 3.8) is 0 Å². The SMILES string of the molecule is CNc1cc(-c2cncc(F)c2)nc(C2CC2)n1. The highest BCUT2D eigenvalue weighted by molar-refractivity contribution is 5.61. The Bertz CT molecular complexity index is 581. The van der Waals surface area contributed by atoms with E-state index < -0.39 is 0 Å². The van der Waals surface area contributed by atoms with Crippen molar-refractivity contribution >= 4 is 5.82 Å². The van der Waals surface area contributed by atoms with E-state index in [4.69, 9.17) is 0 Å². The zero-order chi connectivity index (χ0) is 12.5. The van der Waals surface area contributed by atoms with Crippen molar-refractivity contribution in [3.05, 3.63) is 36.2 Å². The van der Waals surface area contributed by atoms with Gasteiger partial charge in [-0.2, -0.15) is 0 Å². The van der Waals surface area contributed by atoms with Crippen LogP contribution >= 0.6 is 0 Å². The van der Waals surface area contributed by atoms with Crippen LogP contribution in [-0.2, 0) is 0 Å². The van der Waals surface area contributed by atoms with Crippen molar-refractivity contribution in [1.29, 1.82) is 0 Å². The Kier molecular flexibility index (Phi) is 2.66. The average molecular weight is 244 g/mol. The molecule has 1 saturated carbocycles. The molecule has 0 atom stereocenters. The summed E-state index contributed by atoms with van der Waals surface area (Å²) < 4.78 is 13.2. The third kappa shape index (κ3) is 2.16. The second-order valence-corrected chi connectivity index (χ2v) is 4.41. The summed E-state index contributed by atoms with van der Waals surface area (Å²) >= 11 is 0. The Balaban J connectivity index is 2.07. The van der Waals surface area contributed by atoms with Gasteiger partial charge >= 0.3 is 0 Å². The molecule has 0 aromatic carbocycles. The number of halogens is 1. The first kappa shape index (κ1) is 11.1. The van der Waals surface area contributed by atoms with E-state index in [0.717, 1.165) is 24.5 Å². The minimum absolute atomic E-state index is 0.356. The van der Waals surface area contributed by atoms with E-state index in [2.05, 4.69) is 20.3 Å². The molecule has 1 aliphatic carbocycles. The van der Waals surface area contributed by atoms with E-state index in [1.165, 1.54) is 12.3 Å². The van der Waals surface area contributed by atoms with Crippen molar-refractivity contribution < 1.29 is 4.39 Å². The molecule has 92 valence electrons. The van der Waals surface area contributed by atoms with Gasteiger partial charge in [-0.3, -0.25) is 4.98 Å². The molecule has 3 rings (SSSR count). The summed E-state index contributed by atoms with van der Waals surface area (Å²) in [5.41, 5.74) is 1.39. The molecule has 0 bridgehead atoms. The monoisotopic (exact) mass is 244 g/mol. The standard InChI is InChI=1S/C13H13FN4/c1-15-12-5-11(9-4-10(14)7-16-6-9)17-13(18-12)8-2-3-8/h4-8H,2-3H2,1H3,(H,15,17,18). The van der Waals surface area contributed by atoms with Crippen LogP contribution in [0.5, 0.6) is 0 Å². The molecule has 1 N–H and O–H groups in total. The van der Waals surface area contributed by atoms with Crippen LogP contribution in [-0.4, -0.2) is 22.0 Å². The van der Waals surface area contributed by atoms with Crippen LogP contribution < -0.4 is 5.32 Å². The van der Waals surface area contributed by atoms with Crippen LogP contribution in [0.3, 0.4) is 0 Å². The molecule has 2 aromatic rings. The zero-order valence-corrected chi connectivity index (χ0v) is 10.0. The number of rotatable bonds is 3. The largest absolute Gasteiger partial charge is 0.373 e. The van der Waals surface area contributed by atoms with E-state index in [1.54, 1.807) is 6.20 Å². The van der Waals surface area contributed by atoms with Gasteiger partial charge < -0.3 is 5.32 Å². The third-order valence-electron chi connectivity index (χ3n) is 2.94. The van der Waals surface area contributed by atoms with Crippen LogP contribution in [0.2, 0.25) is 0 Å². The summed E-state index contributed by atoms with van der Waals surface area (Å²) in [7, 11) is 1.81. The maximum Gasteiger partial charge on any atom is 0.142 e. The fourth-order valence-electron chi connectivity index (χ4n) is 1.82. The van der Waals surface area contributed by atoms with Gasteiger partial charge in [0.1, 0.15) is 17.5 Å². The summed E-state index contributed by atoms with van der Waals surface area (Å²) in [5.74, 6) is 1.69. The zero-order valence-electron chi connectivity index (χ0n) is 10.0. The first-order chi connectivity index (χ1) is 8.76. The van der Waals surface area contributed by atoms with Gasteiger partial charge in [-0.1, -0.05) is 0 Å². The molecular formula is C13H13FN4. The second kappa shape index (κ2) is 4.33. The lowest BCUT2D eigenvalue weighted by molar-refractivity contribution is 0.622. The topological polar surface area (TPSA) is 50.7 Å².